The van der Waals surface area contributed by atoms with Crippen molar-refractivity contribution >= 4 is 22.8 Å². The first kappa shape index (κ1) is 13.0. The number of aromatic nitrogens is 1. The topological polar surface area (TPSA) is 81.2 Å². The van der Waals surface area contributed by atoms with E-state index in [0.29, 0.717) is 17.6 Å². The lowest BCUT2D eigenvalue weighted by Crippen LogP contribution is -1.99. The van der Waals surface area contributed by atoms with Gasteiger partial charge in [0.2, 0.25) is 0 Å². The highest BCUT2D eigenvalue weighted by atomic mass is 19.1. The standard InChI is InChI=1S/C14H10FN3O3/c15-10-3-6-13-12(7-10)17-14(21-13)16-8-9-1-4-11(5-2-9)18(19)20/h1-7H,8H2,(H,16,17). The Balaban J connectivity index is 1.72. The number of nitrogens with zero attached hydrogens (tertiary/aromatic N) is 2. The Morgan fingerprint density at radius 2 is 2.00 bits per heavy atom. The van der Waals surface area contributed by atoms with Gasteiger partial charge in [-0.3, -0.25) is 10.1 Å². The summed E-state index contributed by atoms with van der Waals surface area (Å²) in [7, 11) is 0. The molecule has 0 fully saturated rings. The summed E-state index contributed by atoms with van der Waals surface area (Å²) in [5, 5.41) is 13.5. The van der Waals surface area contributed by atoms with Crippen LogP contribution in [0.3, 0.4) is 0 Å². The normalized spacial score (nSPS) is 10.7. The van der Waals surface area contributed by atoms with Gasteiger partial charge in [0.25, 0.3) is 11.7 Å². The highest BCUT2D eigenvalue weighted by Crippen LogP contribution is 2.20. The number of hydrogen-bond acceptors (Lipinski definition) is 5. The lowest BCUT2D eigenvalue weighted by Gasteiger charge is -2.01. The number of nitrogens with one attached hydrogen (secondary N) is 1. The van der Waals surface area contributed by atoms with Crippen LogP contribution in [-0.2, 0) is 6.54 Å². The molecule has 3 rings (SSSR count). The minimum Gasteiger partial charge on any atom is -0.424 e. The zero-order valence-corrected chi connectivity index (χ0v) is 10.7. The second-order valence-electron chi connectivity index (χ2n) is 4.41. The molecule has 1 heterocycles. The van der Waals surface area contributed by atoms with Gasteiger partial charge in [-0.2, -0.15) is 4.98 Å². The molecule has 1 N–H and O–H groups in total. The molecular weight excluding hydrogens is 277 g/mol. The summed E-state index contributed by atoms with van der Waals surface area (Å²) in [5.74, 6) is -0.377. The van der Waals surface area contributed by atoms with Crippen LogP contribution in [0.4, 0.5) is 16.1 Å². The lowest BCUT2D eigenvalue weighted by molar-refractivity contribution is -0.384. The molecule has 0 radical (unpaired) electrons. The van der Waals surface area contributed by atoms with Crippen molar-refractivity contribution in [2.45, 2.75) is 6.54 Å². The van der Waals surface area contributed by atoms with E-state index in [1.54, 1.807) is 12.1 Å². The van der Waals surface area contributed by atoms with Crippen molar-refractivity contribution in [1.29, 1.82) is 0 Å². The van der Waals surface area contributed by atoms with Crippen molar-refractivity contribution in [2.75, 3.05) is 5.32 Å². The number of rotatable bonds is 4. The average Bonchev–Trinajstić information content (AvgIpc) is 2.87. The molecule has 0 bridgehead atoms. The minimum absolute atomic E-state index is 0.0380. The van der Waals surface area contributed by atoms with E-state index in [2.05, 4.69) is 10.3 Å². The van der Waals surface area contributed by atoms with E-state index in [-0.39, 0.29) is 17.5 Å². The minimum atomic E-state index is -0.452. The van der Waals surface area contributed by atoms with Crippen LogP contribution in [0.25, 0.3) is 11.1 Å². The molecular formula is C14H10FN3O3. The van der Waals surface area contributed by atoms with E-state index in [4.69, 9.17) is 4.42 Å². The van der Waals surface area contributed by atoms with Crippen LogP contribution in [-0.4, -0.2) is 9.91 Å². The Hall–Kier alpha value is -2.96. The third-order valence-corrected chi connectivity index (χ3v) is 2.94. The first-order chi connectivity index (χ1) is 10.1. The number of non-ortho nitro benzene ring substituents is 1. The van der Waals surface area contributed by atoms with Crippen molar-refractivity contribution < 1.29 is 13.7 Å². The summed E-state index contributed by atoms with van der Waals surface area (Å²) >= 11 is 0. The van der Waals surface area contributed by atoms with Crippen LogP contribution >= 0.6 is 0 Å². The number of oxazole rings is 1. The van der Waals surface area contributed by atoms with Gasteiger partial charge >= 0.3 is 0 Å². The maximum absolute atomic E-state index is 13.0. The highest BCUT2D eigenvalue weighted by molar-refractivity contribution is 5.74. The molecule has 0 saturated carbocycles. The smallest absolute Gasteiger partial charge is 0.295 e. The molecule has 0 atom stereocenters. The largest absolute Gasteiger partial charge is 0.424 e. The molecule has 6 nitrogen and oxygen atoms in total. The van der Waals surface area contributed by atoms with Crippen molar-refractivity contribution in [3.8, 4) is 0 Å². The summed E-state index contributed by atoms with van der Waals surface area (Å²) in [4.78, 5) is 14.2. The molecule has 0 aliphatic carbocycles. The molecule has 1 aromatic heterocycles. The van der Waals surface area contributed by atoms with E-state index >= 15 is 0 Å². The number of hydrogen-bond donors (Lipinski definition) is 1. The molecule has 0 amide bonds. The maximum atomic E-state index is 13.0. The fourth-order valence-electron chi connectivity index (χ4n) is 1.89. The number of anilines is 1. The van der Waals surface area contributed by atoms with Crippen LogP contribution < -0.4 is 5.32 Å². The second-order valence-corrected chi connectivity index (χ2v) is 4.41. The zero-order valence-electron chi connectivity index (χ0n) is 10.7. The van der Waals surface area contributed by atoms with Crippen molar-refractivity contribution in [1.82, 2.24) is 4.98 Å². The summed E-state index contributed by atoms with van der Waals surface area (Å²) < 4.78 is 18.5. The van der Waals surface area contributed by atoms with Crippen molar-refractivity contribution in [2.24, 2.45) is 0 Å². The Labute approximate surface area is 118 Å². The quantitative estimate of drug-likeness (QED) is 0.586. The van der Waals surface area contributed by atoms with E-state index in [9.17, 15) is 14.5 Å². The van der Waals surface area contributed by atoms with E-state index in [0.717, 1.165) is 5.56 Å². The molecule has 0 unspecified atom stereocenters. The number of fused-ring (bicyclic) bond motifs is 1. The molecule has 106 valence electrons. The zero-order chi connectivity index (χ0) is 14.8. The molecule has 0 spiro atoms. The van der Waals surface area contributed by atoms with Crippen LogP contribution in [0.15, 0.2) is 46.9 Å². The summed E-state index contributed by atoms with van der Waals surface area (Å²) in [6.45, 7) is 0.396. The first-order valence-electron chi connectivity index (χ1n) is 6.15. The van der Waals surface area contributed by atoms with Crippen LogP contribution in [0.5, 0.6) is 0 Å². The Kier molecular flexibility index (Phi) is 3.23. The Bertz CT molecular complexity index is 799. The summed E-state index contributed by atoms with van der Waals surface area (Å²) in [5.41, 5.74) is 1.80. The fourth-order valence-corrected chi connectivity index (χ4v) is 1.89. The Morgan fingerprint density at radius 1 is 1.24 bits per heavy atom. The van der Waals surface area contributed by atoms with Crippen LogP contribution in [0, 0.1) is 15.9 Å². The van der Waals surface area contributed by atoms with Crippen molar-refractivity contribution in [3.63, 3.8) is 0 Å². The summed E-state index contributed by atoms with van der Waals surface area (Å²) in [6, 6.07) is 10.5. The molecule has 7 heteroatoms. The fraction of sp³-hybridized carbons (Fsp3) is 0.0714. The molecule has 0 aliphatic heterocycles. The highest BCUT2D eigenvalue weighted by Gasteiger charge is 2.07. The first-order valence-corrected chi connectivity index (χ1v) is 6.15. The number of benzene rings is 2. The van der Waals surface area contributed by atoms with Gasteiger partial charge in [-0.25, -0.2) is 4.39 Å². The van der Waals surface area contributed by atoms with Gasteiger partial charge in [0, 0.05) is 24.7 Å². The number of nitro groups is 1. The van der Waals surface area contributed by atoms with Gasteiger partial charge in [0.05, 0.1) is 4.92 Å². The molecule has 3 aromatic rings. The molecule has 0 aliphatic rings. The van der Waals surface area contributed by atoms with Gasteiger partial charge in [-0.1, -0.05) is 12.1 Å². The van der Waals surface area contributed by atoms with Crippen molar-refractivity contribution in [3.05, 3.63) is 64.0 Å². The maximum Gasteiger partial charge on any atom is 0.295 e. The van der Waals surface area contributed by atoms with Gasteiger partial charge in [0.1, 0.15) is 11.3 Å². The monoisotopic (exact) mass is 287 g/mol. The number of nitro benzene ring substituents is 1. The van der Waals surface area contributed by atoms with Gasteiger partial charge in [0.15, 0.2) is 5.58 Å². The van der Waals surface area contributed by atoms with Crippen LogP contribution in [0.1, 0.15) is 5.56 Å². The molecule has 21 heavy (non-hydrogen) atoms. The SMILES string of the molecule is O=[N+]([O-])c1ccc(CNc2nc3cc(F)ccc3o2)cc1. The van der Waals surface area contributed by atoms with Gasteiger partial charge < -0.3 is 9.73 Å². The third kappa shape index (κ3) is 2.81. The van der Waals surface area contributed by atoms with E-state index < -0.39 is 4.92 Å². The molecule has 0 saturated heterocycles. The lowest BCUT2D eigenvalue weighted by atomic mass is 10.2. The van der Waals surface area contributed by atoms with E-state index in [1.807, 2.05) is 0 Å². The predicted octanol–water partition coefficient (Wildman–Crippen LogP) is 3.49. The predicted molar refractivity (Wildman–Crippen MR) is 74.4 cm³/mol. The third-order valence-electron chi connectivity index (χ3n) is 2.94. The number of halogens is 1. The van der Waals surface area contributed by atoms with Gasteiger partial charge in [-0.15, -0.1) is 0 Å². The molecule has 2 aromatic carbocycles. The van der Waals surface area contributed by atoms with Crippen LogP contribution in [0.2, 0.25) is 0 Å². The summed E-state index contributed by atoms with van der Waals surface area (Å²) in [6.07, 6.45) is 0. The average molecular weight is 287 g/mol. The Morgan fingerprint density at radius 3 is 2.71 bits per heavy atom. The second kappa shape index (κ2) is 5.20. The van der Waals surface area contributed by atoms with E-state index in [1.165, 1.54) is 30.3 Å². The van der Waals surface area contributed by atoms with Gasteiger partial charge in [-0.05, 0) is 17.7 Å².